The summed E-state index contributed by atoms with van der Waals surface area (Å²) in [4.78, 5) is 23.7. The fourth-order valence-corrected chi connectivity index (χ4v) is 2.16. The third-order valence-electron chi connectivity index (χ3n) is 2.54. The predicted octanol–water partition coefficient (Wildman–Crippen LogP) is 2.16. The summed E-state index contributed by atoms with van der Waals surface area (Å²) in [7, 11) is -1.15. The smallest absolute Gasteiger partial charge is 0.409 e. The van der Waals surface area contributed by atoms with Crippen LogP contribution in [0.4, 0.5) is 4.79 Å². The summed E-state index contributed by atoms with van der Waals surface area (Å²) in [5.74, 6) is -0.203. The Morgan fingerprint density at radius 3 is 2.38 bits per heavy atom. The van der Waals surface area contributed by atoms with Gasteiger partial charge in [-0.25, -0.2) is 4.79 Å². The molecule has 1 rings (SSSR count). The third kappa shape index (κ3) is 4.13. The predicted molar refractivity (Wildman–Crippen MR) is 65.4 cm³/mol. The zero-order valence-corrected chi connectivity index (χ0v) is 11.7. The standard InChI is InChI=1S/C10H18ClNO3Si/c1-16(2,3)5-4-15-10(14)12-6-8(7-12)9(11)13/h8H,4-7H2,1-3H3. The Bertz CT molecular complexity index is 284. The van der Waals surface area contributed by atoms with Crippen molar-refractivity contribution in [3.63, 3.8) is 0 Å². The van der Waals surface area contributed by atoms with E-state index in [1.165, 1.54) is 4.90 Å². The minimum Gasteiger partial charge on any atom is -0.450 e. The lowest BCUT2D eigenvalue weighted by molar-refractivity contribution is -0.119. The van der Waals surface area contributed by atoms with Gasteiger partial charge in [-0.15, -0.1) is 0 Å². The van der Waals surface area contributed by atoms with Crippen molar-refractivity contribution in [1.82, 2.24) is 4.90 Å². The number of nitrogens with zero attached hydrogens (tertiary/aromatic N) is 1. The molecule has 1 amide bonds. The highest BCUT2D eigenvalue weighted by molar-refractivity contribution is 6.76. The molecule has 16 heavy (non-hydrogen) atoms. The molecule has 0 saturated carbocycles. The van der Waals surface area contributed by atoms with Crippen molar-refractivity contribution in [3.05, 3.63) is 0 Å². The number of ether oxygens (including phenoxy) is 1. The summed E-state index contributed by atoms with van der Waals surface area (Å²) in [5, 5.41) is -0.369. The molecule has 0 aromatic rings. The molecule has 0 N–H and O–H groups in total. The van der Waals surface area contributed by atoms with Crippen molar-refractivity contribution in [2.75, 3.05) is 19.7 Å². The maximum absolute atomic E-state index is 11.4. The minimum atomic E-state index is -1.15. The molecule has 4 nitrogen and oxygen atoms in total. The Hall–Kier alpha value is -0.553. The minimum absolute atomic E-state index is 0.203. The zero-order valence-electron chi connectivity index (χ0n) is 9.96. The molecule has 0 aromatic carbocycles. The first-order chi connectivity index (χ1) is 7.29. The summed E-state index contributed by atoms with van der Waals surface area (Å²) < 4.78 is 5.12. The van der Waals surface area contributed by atoms with E-state index in [-0.39, 0.29) is 17.3 Å². The van der Waals surface area contributed by atoms with E-state index in [1.807, 2.05) is 0 Å². The molecular weight excluding hydrogens is 246 g/mol. The van der Waals surface area contributed by atoms with Gasteiger partial charge in [-0.1, -0.05) is 19.6 Å². The van der Waals surface area contributed by atoms with E-state index in [4.69, 9.17) is 16.3 Å². The van der Waals surface area contributed by atoms with Crippen LogP contribution in [-0.2, 0) is 9.53 Å². The van der Waals surface area contributed by atoms with Gasteiger partial charge in [0, 0.05) is 21.2 Å². The van der Waals surface area contributed by atoms with Gasteiger partial charge in [0.05, 0.1) is 12.5 Å². The van der Waals surface area contributed by atoms with Gasteiger partial charge < -0.3 is 9.64 Å². The number of hydrogen-bond donors (Lipinski definition) is 0. The molecule has 0 radical (unpaired) electrons. The molecule has 6 heteroatoms. The van der Waals surface area contributed by atoms with Crippen LogP contribution in [0.15, 0.2) is 0 Å². The van der Waals surface area contributed by atoms with Gasteiger partial charge >= 0.3 is 6.09 Å². The molecule has 92 valence electrons. The second kappa shape index (κ2) is 5.18. The van der Waals surface area contributed by atoms with Crippen molar-refractivity contribution in [2.45, 2.75) is 25.7 Å². The number of hydrogen-bond acceptors (Lipinski definition) is 3. The molecule has 1 fully saturated rings. The van der Waals surface area contributed by atoms with E-state index >= 15 is 0 Å². The van der Waals surface area contributed by atoms with Crippen LogP contribution in [0.1, 0.15) is 0 Å². The number of likely N-dealkylation sites (tertiary alicyclic amines) is 1. The summed E-state index contributed by atoms with van der Waals surface area (Å²) in [6.07, 6.45) is -0.326. The van der Waals surface area contributed by atoms with E-state index in [2.05, 4.69) is 19.6 Å². The van der Waals surface area contributed by atoms with Crippen LogP contribution in [0.25, 0.3) is 0 Å². The monoisotopic (exact) mass is 263 g/mol. The Balaban J connectivity index is 2.16. The molecule has 0 spiro atoms. The quantitative estimate of drug-likeness (QED) is 0.577. The Morgan fingerprint density at radius 2 is 1.94 bits per heavy atom. The highest BCUT2D eigenvalue weighted by atomic mass is 35.5. The average Bonchev–Trinajstić information content (AvgIpc) is 1.97. The molecule has 0 aliphatic carbocycles. The number of carbonyl (C=O) groups excluding carboxylic acids is 2. The van der Waals surface area contributed by atoms with Gasteiger partial charge in [-0.05, 0) is 17.6 Å². The average molecular weight is 264 g/mol. The number of amides is 1. The lowest BCUT2D eigenvalue weighted by atomic mass is 10.0. The fourth-order valence-electron chi connectivity index (χ4n) is 1.31. The van der Waals surface area contributed by atoms with Gasteiger partial charge in [0.1, 0.15) is 0 Å². The van der Waals surface area contributed by atoms with E-state index in [9.17, 15) is 9.59 Å². The van der Waals surface area contributed by atoms with E-state index in [0.717, 1.165) is 6.04 Å². The highest BCUT2D eigenvalue weighted by Crippen LogP contribution is 2.19. The third-order valence-corrected chi connectivity index (χ3v) is 4.55. The van der Waals surface area contributed by atoms with Gasteiger partial charge in [0.25, 0.3) is 0 Å². The van der Waals surface area contributed by atoms with E-state index < -0.39 is 8.07 Å². The lowest BCUT2D eigenvalue weighted by Gasteiger charge is -2.36. The van der Waals surface area contributed by atoms with Crippen molar-refractivity contribution >= 4 is 31.0 Å². The number of rotatable bonds is 4. The molecule has 1 heterocycles. The van der Waals surface area contributed by atoms with Crippen molar-refractivity contribution in [3.8, 4) is 0 Å². The number of halogens is 1. The molecule has 0 bridgehead atoms. The lowest BCUT2D eigenvalue weighted by Crippen LogP contribution is -2.52. The second-order valence-electron chi connectivity index (χ2n) is 5.33. The van der Waals surface area contributed by atoms with Crippen molar-refractivity contribution in [1.29, 1.82) is 0 Å². The van der Waals surface area contributed by atoms with Crippen LogP contribution in [0.2, 0.25) is 25.7 Å². The molecule has 0 unspecified atom stereocenters. The zero-order chi connectivity index (χ0) is 12.3. The Kier molecular flexibility index (Phi) is 4.38. The maximum atomic E-state index is 11.4. The molecule has 1 aliphatic heterocycles. The summed E-state index contributed by atoms with van der Waals surface area (Å²) in [6, 6.07) is 0.963. The molecule has 1 saturated heterocycles. The maximum Gasteiger partial charge on any atom is 0.409 e. The van der Waals surface area contributed by atoms with Gasteiger partial charge in [-0.2, -0.15) is 0 Å². The van der Waals surface area contributed by atoms with Crippen molar-refractivity contribution < 1.29 is 14.3 Å². The summed E-state index contributed by atoms with van der Waals surface area (Å²) in [6.45, 7) is 7.96. The topological polar surface area (TPSA) is 46.6 Å². The van der Waals surface area contributed by atoms with Crippen LogP contribution in [0, 0.1) is 5.92 Å². The van der Waals surface area contributed by atoms with Crippen molar-refractivity contribution in [2.24, 2.45) is 5.92 Å². The second-order valence-corrected chi connectivity index (χ2v) is 11.3. The van der Waals surface area contributed by atoms with Crippen LogP contribution in [-0.4, -0.2) is 44.0 Å². The van der Waals surface area contributed by atoms with Crippen LogP contribution in [0.3, 0.4) is 0 Å². The molecule has 1 aliphatic rings. The van der Waals surface area contributed by atoms with Gasteiger partial charge in [0.15, 0.2) is 0 Å². The molecule has 0 aromatic heterocycles. The molecular formula is C10H18ClNO3Si. The Morgan fingerprint density at radius 1 is 1.38 bits per heavy atom. The first-order valence-corrected chi connectivity index (χ1v) is 9.49. The van der Waals surface area contributed by atoms with Crippen LogP contribution < -0.4 is 0 Å². The largest absolute Gasteiger partial charge is 0.450 e. The SMILES string of the molecule is C[Si](C)(C)CCOC(=O)N1CC(C(=O)Cl)C1. The van der Waals surface area contributed by atoms with Crippen LogP contribution in [0.5, 0.6) is 0 Å². The van der Waals surface area contributed by atoms with Gasteiger partial charge in [0.2, 0.25) is 5.24 Å². The van der Waals surface area contributed by atoms with E-state index in [0.29, 0.717) is 19.7 Å². The molecule has 0 atom stereocenters. The van der Waals surface area contributed by atoms with Gasteiger partial charge in [-0.3, -0.25) is 4.79 Å². The fraction of sp³-hybridized carbons (Fsp3) is 0.800. The van der Waals surface area contributed by atoms with Crippen LogP contribution >= 0.6 is 11.6 Å². The highest BCUT2D eigenvalue weighted by Gasteiger charge is 2.35. The summed E-state index contributed by atoms with van der Waals surface area (Å²) >= 11 is 5.30. The normalized spacial score (nSPS) is 16.9. The summed E-state index contributed by atoms with van der Waals surface area (Å²) in [5.41, 5.74) is 0. The Labute approximate surface area is 102 Å². The first-order valence-electron chi connectivity index (χ1n) is 5.40. The first kappa shape index (κ1) is 13.5. The number of carbonyl (C=O) groups is 2. The van der Waals surface area contributed by atoms with E-state index in [1.54, 1.807) is 0 Å².